The van der Waals surface area contributed by atoms with Crippen molar-refractivity contribution in [2.24, 2.45) is 0 Å². The molecule has 0 fully saturated rings. The van der Waals surface area contributed by atoms with E-state index >= 15 is 0 Å². The van der Waals surface area contributed by atoms with Crippen molar-refractivity contribution in [3.05, 3.63) is 70.0 Å². The molecule has 0 saturated carbocycles. The van der Waals surface area contributed by atoms with E-state index in [-0.39, 0.29) is 17.3 Å². The summed E-state index contributed by atoms with van der Waals surface area (Å²) in [7, 11) is 1.59. The van der Waals surface area contributed by atoms with E-state index in [0.29, 0.717) is 11.4 Å². The van der Waals surface area contributed by atoms with Crippen molar-refractivity contribution in [2.75, 3.05) is 12.4 Å². The fourth-order valence-electron chi connectivity index (χ4n) is 2.60. The maximum absolute atomic E-state index is 12.4. The number of fused-ring (bicyclic) bond motifs is 1. The van der Waals surface area contributed by atoms with Crippen LogP contribution in [0.3, 0.4) is 0 Å². The normalized spacial score (nSPS) is 11.9. The third-order valence-corrected chi connectivity index (χ3v) is 3.94. The molecule has 1 heterocycles. The minimum atomic E-state index is -0.523. The van der Waals surface area contributed by atoms with Crippen LogP contribution in [0.5, 0.6) is 0 Å². The molecule has 3 aromatic rings. The van der Waals surface area contributed by atoms with E-state index in [1.165, 1.54) is 12.1 Å². The number of furan rings is 1. The van der Waals surface area contributed by atoms with Crippen LogP contribution in [0.1, 0.15) is 29.1 Å². The number of hydrogen-bond acceptors (Lipinski definition) is 5. The molecule has 7 nitrogen and oxygen atoms in total. The van der Waals surface area contributed by atoms with Crippen LogP contribution in [0.15, 0.2) is 52.9 Å². The number of benzene rings is 2. The molecule has 1 atom stereocenters. The number of carbonyl (C=O) groups is 1. The van der Waals surface area contributed by atoms with Crippen molar-refractivity contribution in [3.8, 4) is 0 Å². The zero-order valence-electron chi connectivity index (χ0n) is 13.8. The van der Waals surface area contributed by atoms with Crippen molar-refractivity contribution >= 4 is 28.3 Å². The lowest BCUT2D eigenvalue weighted by Gasteiger charge is -2.12. The molecule has 0 unspecified atom stereocenters. The van der Waals surface area contributed by atoms with Crippen LogP contribution in [0, 0.1) is 10.1 Å². The highest BCUT2D eigenvalue weighted by atomic mass is 16.6. The molecule has 1 amide bonds. The topological polar surface area (TPSA) is 97.4 Å². The van der Waals surface area contributed by atoms with Crippen molar-refractivity contribution < 1.29 is 14.1 Å². The summed E-state index contributed by atoms with van der Waals surface area (Å²) in [5.74, 6) is 0.217. The lowest BCUT2D eigenvalue weighted by molar-refractivity contribution is -0.384. The van der Waals surface area contributed by atoms with Gasteiger partial charge in [0.1, 0.15) is 17.0 Å². The molecule has 2 N–H and O–H groups in total. The minimum Gasteiger partial charge on any atom is -0.459 e. The summed E-state index contributed by atoms with van der Waals surface area (Å²) in [5.41, 5.74) is 1.17. The third kappa shape index (κ3) is 3.30. The monoisotopic (exact) mass is 339 g/mol. The number of nitro benzene ring substituents is 1. The highest BCUT2D eigenvalue weighted by Crippen LogP contribution is 2.26. The fraction of sp³-hybridized carbons (Fsp3) is 0.167. The molecule has 0 aliphatic heterocycles. The van der Waals surface area contributed by atoms with Gasteiger partial charge >= 0.3 is 0 Å². The van der Waals surface area contributed by atoms with Crippen LogP contribution in [-0.2, 0) is 0 Å². The molecular formula is C18H17N3O4. The number of para-hydroxylation sites is 1. The van der Waals surface area contributed by atoms with Crippen LogP contribution >= 0.6 is 0 Å². The molecule has 1 aromatic heterocycles. The summed E-state index contributed by atoms with van der Waals surface area (Å²) in [6.45, 7) is 1.80. The molecule has 25 heavy (non-hydrogen) atoms. The molecule has 0 aliphatic carbocycles. The number of nitro groups is 1. The molecule has 7 heteroatoms. The molecule has 3 rings (SSSR count). The summed E-state index contributed by atoms with van der Waals surface area (Å²) in [6.07, 6.45) is 0. The Balaban J connectivity index is 1.81. The Kier molecular flexibility index (Phi) is 4.38. The SMILES string of the molecule is CNc1ccc(C(=O)N[C@H](C)c2cc3ccccc3o2)cc1[N+](=O)[O-]. The van der Waals surface area contributed by atoms with Gasteiger partial charge in [0.2, 0.25) is 0 Å². The van der Waals surface area contributed by atoms with E-state index < -0.39 is 10.8 Å². The second-order valence-electron chi connectivity index (χ2n) is 5.62. The van der Waals surface area contributed by atoms with Crippen LogP contribution in [0.25, 0.3) is 11.0 Å². The number of rotatable bonds is 5. The maximum Gasteiger partial charge on any atom is 0.293 e. The van der Waals surface area contributed by atoms with Gasteiger partial charge in [-0.15, -0.1) is 0 Å². The first-order valence-corrected chi connectivity index (χ1v) is 7.75. The summed E-state index contributed by atoms with van der Waals surface area (Å²) in [4.78, 5) is 23.0. The van der Waals surface area contributed by atoms with Gasteiger partial charge < -0.3 is 15.1 Å². The highest BCUT2D eigenvalue weighted by molar-refractivity contribution is 5.96. The van der Waals surface area contributed by atoms with Crippen LogP contribution in [-0.4, -0.2) is 17.9 Å². The molecule has 0 aliphatic rings. The summed E-state index contributed by atoms with van der Waals surface area (Å²) >= 11 is 0. The van der Waals surface area contributed by atoms with E-state index in [2.05, 4.69) is 10.6 Å². The molecule has 0 bridgehead atoms. The Labute approximate surface area is 143 Å². The van der Waals surface area contributed by atoms with Crippen LogP contribution < -0.4 is 10.6 Å². The number of anilines is 1. The largest absolute Gasteiger partial charge is 0.459 e. The Morgan fingerprint density at radius 3 is 2.64 bits per heavy atom. The molecule has 0 spiro atoms. The second-order valence-corrected chi connectivity index (χ2v) is 5.62. The summed E-state index contributed by atoms with van der Waals surface area (Å²) in [6, 6.07) is 13.4. The predicted molar refractivity (Wildman–Crippen MR) is 94.7 cm³/mol. The molecule has 0 radical (unpaired) electrons. The van der Waals surface area contributed by atoms with Crippen molar-refractivity contribution in [2.45, 2.75) is 13.0 Å². The van der Waals surface area contributed by atoms with Crippen molar-refractivity contribution in [1.82, 2.24) is 5.32 Å². The molecule has 2 aromatic carbocycles. The van der Waals surface area contributed by atoms with E-state index in [1.807, 2.05) is 30.3 Å². The smallest absolute Gasteiger partial charge is 0.293 e. The summed E-state index contributed by atoms with van der Waals surface area (Å²) < 4.78 is 5.73. The van der Waals surface area contributed by atoms with E-state index in [9.17, 15) is 14.9 Å². The van der Waals surface area contributed by atoms with Crippen molar-refractivity contribution in [1.29, 1.82) is 0 Å². The fourth-order valence-corrected chi connectivity index (χ4v) is 2.60. The Morgan fingerprint density at radius 1 is 1.20 bits per heavy atom. The Morgan fingerprint density at radius 2 is 1.96 bits per heavy atom. The van der Waals surface area contributed by atoms with E-state index in [1.54, 1.807) is 20.0 Å². The molecule has 128 valence electrons. The molecular weight excluding hydrogens is 322 g/mol. The van der Waals surface area contributed by atoms with Crippen LogP contribution in [0.2, 0.25) is 0 Å². The Bertz CT molecular complexity index is 915. The summed E-state index contributed by atoms with van der Waals surface area (Å²) in [5, 5.41) is 17.6. The standard InChI is InChI=1S/C18H17N3O4/c1-11(17-10-12-5-3-4-6-16(12)25-17)20-18(22)13-7-8-14(19-2)15(9-13)21(23)24/h3-11,19H,1-2H3,(H,20,22)/t11-/m1/s1. The van der Waals surface area contributed by atoms with Crippen molar-refractivity contribution in [3.63, 3.8) is 0 Å². The maximum atomic E-state index is 12.4. The Hall–Kier alpha value is -3.35. The first-order chi connectivity index (χ1) is 12.0. The predicted octanol–water partition coefficient (Wildman–Crippen LogP) is 3.87. The zero-order chi connectivity index (χ0) is 18.0. The van der Waals surface area contributed by atoms with Gasteiger partial charge in [-0.3, -0.25) is 14.9 Å². The number of hydrogen-bond donors (Lipinski definition) is 2. The average Bonchev–Trinajstić information content (AvgIpc) is 3.05. The number of nitrogens with one attached hydrogen (secondary N) is 2. The van der Waals surface area contributed by atoms with Gasteiger partial charge in [0, 0.05) is 24.1 Å². The quantitative estimate of drug-likeness (QED) is 0.543. The van der Waals surface area contributed by atoms with Gasteiger partial charge in [-0.25, -0.2) is 0 Å². The van der Waals surface area contributed by atoms with E-state index in [0.717, 1.165) is 11.0 Å². The molecule has 0 saturated heterocycles. The van der Waals surface area contributed by atoms with Gasteiger partial charge in [0.05, 0.1) is 11.0 Å². The lowest BCUT2D eigenvalue weighted by Crippen LogP contribution is -2.26. The number of carbonyl (C=O) groups excluding carboxylic acids is 1. The zero-order valence-corrected chi connectivity index (χ0v) is 13.8. The minimum absolute atomic E-state index is 0.147. The van der Waals surface area contributed by atoms with Gasteiger partial charge in [-0.1, -0.05) is 18.2 Å². The average molecular weight is 339 g/mol. The number of nitrogens with zero attached hydrogens (tertiary/aromatic N) is 1. The van der Waals surface area contributed by atoms with Gasteiger partial charge in [-0.05, 0) is 31.2 Å². The van der Waals surface area contributed by atoms with Gasteiger partial charge in [0.25, 0.3) is 11.6 Å². The highest BCUT2D eigenvalue weighted by Gasteiger charge is 2.19. The first-order valence-electron chi connectivity index (χ1n) is 7.75. The number of amides is 1. The first kappa shape index (κ1) is 16.5. The van der Waals surface area contributed by atoms with Crippen LogP contribution in [0.4, 0.5) is 11.4 Å². The third-order valence-electron chi connectivity index (χ3n) is 3.94. The van der Waals surface area contributed by atoms with Gasteiger partial charge in [-0.2, -0.15) is 0 Å². The van der Waals surface area contributed by atoms with Gasteiger partial charge in [0.15, 0.2) is 0 Å². The second kappa shape index (κ2) is 6.64. The lowest BCUT2D eigenvalue weighted by atomic mass is 10.1. The van der Waals surface area contributed by atoms with E-state index in [4.69, 9.17) is 4.42 Å².